The number of hydrogen-bond donors (Lipinski definition) is 2. The molecular formula is C20H28N2O7. The molecule has 1 aromatic carbocycles. The largest absolute Gasteiger partial charge is 0.493 e. The normalized spacial score (nSPS) is 16.7. The van der Waals surface area contributed by atoms with E-state index in [4.69, 9.17) is 18.9 Å². The summed E-state index contributed by atoms with van der Waals surface area (Å²) < 4.78 is 21.5. The Balaban J connectivity index is 2.49. The molecule has 160 valence electrons. The maximum Gasteiger partial charge on any atom is 0.335 e. The van der Waals surface area contributed by atoms with Gasteiger partial charge in [0, 0.05) is 5.70 Å². The smallest absolute Gasteiger partial charge is 0.335 e. The van der Waals surface area contributed by atoms with Crippen LogP contribution in [0.5, 0.6) is 17.2 Å². The summed E-state index contributed by atoms with van der Waals surface area (Å²) in [7, 11) is 4.42. The Kier molecular flexibility index (Phi) is 7.33. The highest BCUT2D eigenvalue weighted by Crippen LogP contribution is 2.42. The molecule has 1 atom stereocenters. The first-order chi connectivity index (χ1) is 13.7. The highest BCUT2D eigenvalue weighted by Gasteiger charge is 2.36. The number of carboxylic acid groups (broad SMARTS) is 1. The number of aliphatic carboxylic acids is 1. The second-order valence-electron chi connectivity index (χ2n) is 6.72. The van der Waals surface area contributed by atoms with E-state index in [1.165, 1.54) is 26.2 Å². The van der Waals surface area contributed by atoms with Crippen LogP contribution in [0.3, 0.4) is 0 Å². The Labute approximate surface area is 170 Å². The molecule has 1 heterocycles. The standard InChI is InChI=1S/C20H28N2O7/c1-11(2)29-8-7-22-12(3)16(19(23)24)17(21-20(22)25)13-9-14(26-4)18(28-6)15(10-13)27-5/h9-11,17H,7-8H2,1-6H3,(H,21,25)(H,23,24). The fourth-order valence-corrected chi connectivity index (χ4v) is 3.23. The van der Waals surface area contributed by atoms with Crippen LogP contribution in [0.4, 0.5) is 4.79 Å². The minimum Gasteiger partial charge on any atom is -0.493 e. The number of carbonyl (C=O) groups excluding carboxylic acids is 1. The molecule has 1 unspecified atom stereocenters. The number of allylic oxidation sites excluding steroid dienone is 1. The highest BCUT2D eigenvalue weighted by atomic mass is 16.5. The molecule has 0 fully saturated rings. The van der Waals surface area contributed by atoms with Crippen molar-refractivity contribution in [1.29, 1.82) is 0 Å². The summed E-state index contributed by atoms with van der Waals surface area (Å²) in [5.74, 6) is -0.0144. The lowest BCUT2D eigenvalue weighted by Crippen LogP contribution is -2.48. The number of ether oxygens (including phenoxy) is 4. The van der Waals surface area contributed by atoms with Gasteiger partial charge < -0.3 is 29.4 Å². The van der Waals surface area contributed by atoms with Crippen LogP contribution in [0.15, 0.2) is 23.4 Å². The maximum absolute atomic E-state index is 12.7. The first-order valence-corrected chi connectivity index (χ1v) is 9.18. The van der Waals surface area contributed by atoms with E-state index in [0.717, 1.165) is 0 Å². The summed E-state index contributed by atoms with van der Waals surface area (Å²) in [5, 5.41) is 12.6. The molecule has 0 spiro atoms. The lowest BCUT2D eigenvalue weighted by molar-refractivity contribution is -0.133. The van der Waals surface area contributed by atoms with E-state index in [1.54, 1.807) is 19.1 Å². The van der Waals surface area contributed by atoms with Crippen LogP contribution < -0.4 is 19.5 Å². The van der Waals surface area contributed by atoms with Gasteiger partial charge in [-0.15, -0.1) is 0 Å². The van der Waals surface area contributed by atoms with Crippen LogP contribution in [0.25, 0.3) is 0 Å². The van der Waals surface area contributed by atoms with E-state index in [2.05, 4.69) is 5.32 Å². The van der Waals surface area contributed by atoms with Crippen LogP contribution in [0.1, 0.15) is 32.4 Å². The number of methoxy groups -OCH3 is 3. The number of carboxylic acids is 1. The third kappa shape index (κ3) is 4.73. The molecule has 0 saturated carbocycles. The van der Waals surface area contributed by atoms with Gasteiger partial charge in [0.1, 0.15) is 0 Å². The fourth-order valence-electron chi connectivity index (χ4n) is 3.23. The fraction of sp³-hybridized carbons (Fsp3) is 0.500. The van der Waals surface area contributed by atoms with Crippen LogP contribution in [-0.2, 0) is 9.53 Å². The van der Waals surface area contributed by atoms with Gasteiger partial charge in [0.15, 0.2) is 11.5 Å². The lowest BCUT2D eigenvalue weighted by atomic mass is 9.94. The second kappa shape index (κ2) is 9.51. The SMILES string of the molecule is COc1cc(C2NC(=O)N(CCOC(C)C)C(C)=C2C(=O)O)cc(OC)c1OC. The van der Waals surface area contributed by atoms with E-state index >= 15 is 0 Å². The molecule has 0 aliphatic carbocycles. The minimum absolute atomic E-state index is 0.0121. The van der Waals surface area contributed by atoms with Crippen LogP contribution in [0, 0.1) is 0 Å². The Morgan fingerprint density at radius 1 is 1.17 bits per heavy atom. The molecule has 1 aromatic rings. The van der Waals surface area contributed by atoms with E-state index < -0.39 is 18.0 Å². The molecule has 1 aliphatic heterocycles. The summed E-state index contributed by atoms with van der Waals surface area (Å²) in [5.41, 5.74) is 0.915. The van der Waals surface area contributed by atoms with Crippen LogP contribution >= 0.6 is 0 Å². The van der Waals surface area contributed by atoms with Gasteiger partial charge in [-0.2, -0.15) is 0 Å². The average Bonchev–Trinajstić information content (AvgIpc) is 2.68. The molecule has 0 radical (unpaired) electrons. The number of benzene rings is 1. The van der Waals surface area contributed by atoms with Crippen molar-refractivity contribution in [2.45, 2.75) is 32.9 Å². The van der Waals surface area contributed by atoms with E-state index in [9.17, 15) is 14.7 Å². The van der Waals surface area contributed by atoms with E-state index in [1.807, 2.05) is 13.8 Å². The van der Waals surface area contributed by atoms with Crippen LogP contribution in [0.2, 0.25) is 0 Å². The third-order valence-corrected chi connectivity index (χ3v) is 4.61. The van der Waals surface area contributed by atoms with Crippen LogP contribution in [-0.4, -0.2) is 62.6 Å². The van der Waals surface area contributed by atoms with Gasteiger partial charge in [0.2, 0.25) is 5.75 Å². The van der Waals surface area contributed by atoms with E-state index in [0.29, 0.717) is 35.1 Å². The molecule has 0 saturated heterocycles. The van der Waals surface area contributed by atoms with Crippen molar-refractivity contribution in [1.82, 2.24) is 10.2 Å². The molecule has 9 nitrogen and oxygen atoms in total. The topological polar surface area (TPSA) is 107 Å². The minimum atomic E-state index is -1.13. The molecule has 0 aromatic heterocycles. The average molecular weight is 408 g/mol. The number of nitrogens with zero attached hydrogens (tertiary/aromatic N) is 1. The van der Waals surface area contributed by atoms with Gasteiger partial charge in [0.05, 0.1) is 52.2 Å². The monoisotopic (exact) mass is 408 g/mol. The molecule has 29 heavy (non-hydrogen) atoms. The molecule has 0 bridgehead atoms. The maximum atomic E-state index is 12.7. The number of rotatable bonds is 9. The first kappa shape index (κ1) is 22.4. The van der Waals surface area contributed by atoms with Crippen molar-refractivity contribution in [3.8, 4) is 17.2 Å². The zero-order valence-corrected chi connectivity index (χ0v) is 17.6. The number of amides is 2. The summed E-state index contributed by atoms with van der Waals surface area (Å²) in [6, 6.07) is 1.97. The van der Waals surface area contributed by atoms with Crippen molar-refractivity contribution >= 4 is 12.0 Å². The summed E-state index contributed by atoms with van der Waals surface area (Å²) in [6.07, 6.45) is 0.0121. The predicted octanol–water partition coefficient (Wildman–Crippen LogP) is 2.56. The molecule has 2 N–H and O–H groups in total. The number of urea groups is 1. The molecular weight excluding hydrogens is 380 g/mol. The molecule has 9 heteroatoms. The zero-order chi connectivity index (χ0) is 21.7. The molecule has 2 amide bonds. The van der Waals surface area contributed by atoms with Crippen molar-refractivity contribution in [2.24, 2.45) is 0 Å². The number of nitrogens with one attached hydrogen (secondary N) is 1. The molecule has 2 rings (SSSR count). The lowest BCUT2D eigenvalue weighted by Gasteiger charge is -2.35. The summed E-state index contributed by atoms with van der Waals surface area (Å²) >= 11 is 0. The van der Waals surface area contributed by atoms with Crippen molar-refractivity contribution in [2.75, 3.05) is 34.5 Å². The Bertz CT molecular complexity index is 779. The van der Waals surface area contributed by atoms with Crippen molar-refractivity contribution < 1.29 is 33.6 Å². The Morgan fingerprint density at radius 3 is 2.21 bits per heavy atom. The van der Waals surface area contributed by atoms with Gasteiger partial charge >= 0.3 is 12.0 Å². The zero-order valence-electron chi connectivity index (χ0n) is 17.6. The Morgan fingerprint density at radius 2 is 1.76 bits per heavy atom. The van der Waals surface area contributed by atoms with Gasteiger partial charge in [0.25, 0.3) is 0 Å². The predicted molar refractivity (Wildman–Crippen MR) is 106 cm³/mol. The van der Waals surface area contributed by atoms with Gasteiger partial charge in [-0.3, -0.25) is 4.90 Å². The first-order valence-electron chi connectivity index (χ1n) is 9.18. The molecule has 1 aliphatic rings. The second-order valence-corrected chi connectivity index (χ2v) is 6.72. The van der Waals surface area contributed by atoms with E-state index in [-0.39, 0.29) is 18.2 Å². The summed E-state index contributed by atoms with van der Waals surface area (Å²) in [4.78, 5) is 26.1. The Hall–Kier alpha value is -2.94. The summed E-state index contributed by atoms with van der Waals surface area (Å²) in [6.45, 7) is 5.94. The van der Waals surface area contributed by atoms with Gasteiger partial charge in [-0.05, 0) is 38.5 Å². The van der Waals surface area contributed by atoms with Crippen molar-refractivity contribution in [3.63, 3.8) is 0 Å². The van der Waals surface area contributed by atoms with Gasteiger partial charge in [-0.1, -0.05) is 0 Å². The van der Waals surface area contributed by atoms with Gasteiger partial charge in [-0.25, -0.2) is 9.59 Å². The number of carbonyl (C=O) groups is 2. The number of hydrogen-bond acceptors (Lipinski definition) is 6. The highest BCUT2D eigenvalue weighted by molar-refractivity contribution is 5.94. The quantitative estimate of drug-likeness (QED) is 0.647. The third-order valence-electron chi connectivity index (χ3n) is 4.61. The van der Waals surface area contributed by atoms with Crippen molar-refractivity contribution in [3.05, 3.63) is 29.0 Å².